The number of ketones is 1. The summed E-state index contributed by atoms with van der Waals surface area (Å²) < 4.78 is 0.849. The van der Waals surface area contributed by atoms with Crippen molar-refractivity contribution >= 4 is 49.8 Å². The van der Waals surface area contributed by atoms with Gasteiger partial charge in [0.2, 0.25) is 0 Å². The number of amides is 1. The normalized spacial score (nSPS) is 17.3. The summed E-state index contributed by atoms with van der Waals surface area (Å²) in [6.07, 6.45) is 0.832. The number of non-ortho nitro benzene ring substituents is 1. The Morgan fingerprint density at radius 3 is 2.57 bits per heavy atom. The standard InChI is InChI=1S/C26H19N3O5S/c1-2-15-11-12-19-20(13-15)35-26(27-19)28-22(17-9-6-10-18(14-17)29(33)34)21(24(31)25(28)32)23(30)16-7-4-3-5-8-16/h3-14,22,30H,2H2,1H3/t22-/m0/s1. The molecule has 0 aliphatic carbocycles. The molecule has 0 radical (unpaired) electrons. The van der Waals surface area contributed by atoms with E-state index in [-0.39, 0.29) is 22.2 Å². The van der Waals surface area contributed by atoms with Crippen molar-refractivity contribution in [2.75, 3.05) is 4.90 Å². The Kier molecular flexibility index (Phi) is 5.62. The molecule has 9 heteroatoms. The highest BCUT2D eigenvalue weighted by Crippen LogP contribution is 2.44. The van der Waals surface area contributed by atoms with Crippen LogP contribution in [0, 0.1) is 10.1 Å². The molecule has 5 rings (SSSR count). The largest absolute Gasteiger partial charge is 0.507 e. The van der Waals surface area contributed by atoms with Gasteiger partial charge in [0, 0.05) is 17.7 Å². The number of Topliss-reactive ketones (excluding diaryl/α,β-unsaturated/α-hetero) is 1. The molecule has 1 aliphatic heterocycles. The second kappa shape index (κ2) is 8.77. The lowest BCUT2D eigenvalue weighted by Crippen LogP contribution is -2.29. The summed E-state index contributed by atoms with van der Waals surface area (Å²) >= 11 is 1.25. The van der Waals surface area contributed by atoms with E-state index >= 15 is 0 Å². The third kappa shape index (κ3) is 3.85. The number of nitro benzene ring substituents is 1. The van der Waals surface area contributed by atoms with Gasteiger partial charge in [-0.1, -0.05) is 66.8 Å². The lowest BCUT2D eigenvalue weighted by molar-refractivity contribution is -0.384. The Hall–Kier alpha value is -4.37. The van der Waals surface area contributed by atoms with Crippen molar-refractivity contribution in [3.63, 3.8) is 0 Å². The van der Waals surface area contributed by atoms with Gasteiger partial charge in [-0.25, -0.2) is 4.98 Å². The van der Waals surface area contributed by atoms with Crippen LogP contribution in [0.15, 0.2) is 78.4 Å². The molecule has 1 saturated heterocycles. The number of fused-ring (bicyclic) bond motifs is 1. The zero-order chi connectivity index (χ0) is 24.7. The van der Waals surface area contributed by atoms with E-state index in [1.54, 1.807) is 36.4 Å². The summed E-state index contributed by atoms with van der Waals surface area (Å²) in [5, 5.41) is 22.8. The highest BCUT2D eigenvalue weighted by Gasteiger charge is 2.48. The van der Waals surface area contributed by atoms with Crippen molar-refractivity contribution in [3.05, 3.63) is 105 Å². The topological polar surface area (TPSA) is 114 Å². The van der Waals surface area contributed by atoms with Crippen molar-refractivity contribution in [1.82, 2.24) is 4.98 Å². The first-order valence-electron chi connectivity index (χ1n) is 10.9. The zero-order valence-corrected chi connectivity index (χ0v) is 19.4. The first-order valence-corrected chi connectivity index (χ1v) is 11.7. The van der Waals surface area contributed by atoms with Gasteiger partial charge in [0.15, 0.2) is 5.13 Å². The van der Waals surface area contributed by atoms with Crippen LogP contribution in [0.3, 0.4) is 0 Å². The van der Waals surface area contributed by atoms with E-state index in [9.17, 15) is 24.8 Å². The highest BCUT2D eigenvalue weighted by molar-refractivity contribution is 7.22. The summed E-state index contributed by atoms with van der Waals surface area (Å²) in [4.78, 5) is 43.3. The lowest BCUT2D eigenvalue weighted by Gasteiger charge is -2.22. The lowest BCUT2D eigenvalue weighted by atomic mass is 9.95. The predicted molar refractivity (Wildman–Crippen MR) is 133 cm³/mol. The van der Waals surface area contributed by atoms with Gasteiger partial charge in [0.1, 0.15) is 5.76 Å². The minimum Gasteiger partial charge on any atom is -0.507 e. The maximum absolute atomic E-state index is 13.3. The number of aromatic nitrogens is 1. The maximum atomic E-state index is 13.3. The Balaban J connectivity index is 1.74. The Morgan fingerprint density at radius 2 is 1.86 bits per heavy atom. The summed E-state index contributed by atoms with van der Waals surface area (Å²) in [7, 11) is 0. The minimum absolute atomic E-state index is 0.143. The molecule has 1 aliphatic rings. The Bertz CT molecular complexity index is 1530. The predicted octanol–water partition coefficient (Wildman–Crippen LogP) is 5.39. The van der Waals surface area contributed by atoms with Crippen LogP contribution in [0.5, 0.6) is 0 Å². The summed E-state index contributed by atoms with van der Waals surface area (Å²) in [6, 6.07) is 18.8. The number of anilines is 1. The van der Waals surface area contributed by atoms with E-state index in [0.717, 1.165) is 16.7 Å². The molecule has 0 saturated carbocycles. The van der Waals surface area contributed by atoms with Gasteiger partial charge in [0.25, 0.3) is 11.5 Å². The van der Waals surface area contributed by atoms with Gasteiger partial charge >= 0.3 is 5.91 Å². The van der Waals surface area contributed by atoms with E-state index in [2.05, 4.69) is 4.98 Å². The molecule has 1 aromatic heterocycles. The smallest absolute Gasteiger partial charge is 0.301 e. The molecule has 174 valence electrons. The molecule has 35 heavy (non-hydrogen) atoms. The molecule has 0 unspecified atom stereocenters. The molecule has 1 amide bonds. The fourth-order valence-electron chi connectivity index (χ4n) is 4.19. The van der Waals surface area contributed by atoms with Crippen molar-refractivity contribution in [3.8, 4) is 0 Å². The van der Waals surface area contributed by atoms with E-state index in [1.165, 1.54) is 34.4 Å². The zero-order valence-electron chi connectivity index (χ0n) is 18.5. The van der Waals surface area contributed by atoms with Crippen LogP contribution in [0.2, 0.25) is 0 Å². The van der Waals surface area contributed by atoms with Crippen LogP contribution in [0.4, 0.5) is 10.8 Å². The number of benzene rings is 3. The third-order valence-corrected chi connectivity index (χ3v) is 6.96. The summed E-state index contributed by atoms with van der Waals surface area (Å²) in [6.45, 7) is 2.04. The molecule has 0 bridgehead atoms. The van der Waals surface area contributed by atoms with Gasteiger partial charge in [-0.05, 0) is 29.7 Å². The van der Waals surface area contributed by atoms with Gasteiger partial charge in [-0.3, -0.25) is 24.6 Å². The first kappa shape index (κ1) is 22.4. The molecule has 8 nitrogen and oxygen atoms in total. The van der Waals surface area contributed by atoms with Gasteiger partial charge < -0.3 is 5.11 Å². The van der Waals surface area contributed by atoms with E-state index in [4.69, 9.17) is 0 Å². The number of carbonyl (C=O) groups is 2. The number of aliphatic hydroxyl groups excluding tert-OH is 1. The maximum Gasteiger partial charge on any atom is 0.301 e. The quantitative estimate of drug-likeness (QED) is 0.133. The number of nitrogens with zero attached hydrogens (tertiary/aromatic N) is 3. The minimum atomic E-state index is -1.08. The van der Waals surface area contributed by atoms with E-state index < -0.39 is 22.7 Å². The van der Waals surface area contributed by atoms with Crippen molar-refractivity contribution < 1.29 is 19.6 Å². The van der Waals surface area contributed by atoms with Crippen LogP contribution in [0.25, 0.3) is 16.0 Å². The average molecular weight is 486 g/mol. The van der Waals surface area contributed by atoms with Crippen molar-refractivity contribution in [1.29, 1.82) is 0 Å². The second-order valence-corrected chi connectivity index (χ2v) is 9.05. The number of hydrogen-bond donors (Lipinski definition) is 1. The van der Waals surface area contributed by atoms with Gasteiger partial charge in [-0.15, -0.1) is 0 Å². The molecule has 2 heterocycles. The number of thiazole rings is 1. The molecule has 3 aromatic carbocycles. The molecule has 1 fully saturated rings. The summed E-state index contributed by atoms with van der Waals surface area (Å²) in [5.41, 5.74) is 2.13. The molecule has 1 atom stereocenters. The van der Waals surface area contributed by atoms with Crippen LogP contribution in [-0.2, 0) is 16.0 Å². The highest BCUT2D eigenvalue weighted by atomic mass is 32.1. The Morgan fingerprint density at radius 1 is 1.09 bits per heavy atom. The number of hydrogen-bond acceptors (Lipinski definition) is 7. The average Bonchev–Trinajstić information content (AvgIpc) is 3.41. The van der Waals surface area contributed by atoms with E-state index in [0.29, 0.717) is 16.6 Å². The Labute approximate surface area is 203 Å². The summed E-state index contributed by atoms with van der Waals surface area (Å²) in [5.74, 6) is -2.08. The number of carbonyl (C=O) groups excluding carboxylic acids is 2. The number of rotatable bonds is 5. The van der Waals surface area contributed by atoms with Crippen LogP contribution >= 0.6 is 11.3 Å². The fourth-order valence-corrected chi connectivity index (χ4v) is 5.24. The van der Waals surface area contributed by atoms with E-state index in [1.807, 2.05) is 25.1 Å². The number of nitro groups is 1. The molecule has 4 aromatic rings. The SMILES string of the molecule is CCc1ccc2nc(N3C(=O)C(=O)C(=C(O)c4ccccc4)[C@@H]3c3cccc([N+](=O)[O-])c3)sc2c1. The molecule has 1 N–H and O–H groups in total. The molecular weight excluding hydrogens is 466 g/mol. The molecule has 0 spiro atoms. The van der Waals surface area contributed by atoms with Crippen molar-refractivity contribution in [2.24, 2.45) is 0 Å². The van der Waals surface area contributed by atoms with Crippen LogP contribution < -0.4 is 4.90 Å². The van der Waals surface area contributed by atoms with Gasteiger partial charge in [0.05, 0.1) is 26.8 Å². The number of aryl methyl sites for hydroxylation is 1. The first-order chi connectivity index (χ1) is 16.9. The fraction of sp³-hybridized carbons (Fsp3) is 0.115. The number of aliphatic hydroxyl groups is 1. The second-order valence-electron chi connectivity index (χ2n) is 8.04. The monoisotopic (exact) mass is 485 g/mol. The van der Waals surface area contributed by atoms with Crippen molar-refractivity contribution in [2.45, 2.75) is 19.4 Å². The van der Waals surface area contributed by atoms with Crippen LogP contribution in [-0.4, -0.2) is 26.7 Å². The van der Waals surface area contributed by atoms with Crippen LogP contribution in [0.1, 0.15) is 29.7 Å². The van der Waals surface area contributed by atoms with Gasteiger partial charge in [-0.2, -0.15) is 0 Å². The third-order valence-electron chi connectivity index (χ3n) is 5.94. The molecular formula is C26H19N3O5S.